The van der Waals surface area contributed by atoms with Crippen LogP contribution in [0.15, 0.2) is 32.1 Å². The summed E-state index contributed by atoms with van der Waals surface area (Å²) >= 11 is 3.16. The van der Waals surface area contributed by atoms with Crippen LogP contribution in [0.25, 0.3) is 0 Å². The lowest BCUT2D eigenvalue weighted by atomic mass is 10.4. The Kier molecular flexibility index (Phi) is 2.68. The Bertz CT molecular complexity index is 532. The highest BCUT2D eigenvalue weighted by atomic mass is 79.9. The molecule has 2 aromatic rings. The van der Waals surface area contributed by atoms with Gasteiger partial charge >= 0.3 is 0 Å². The van der Waals surface area contributed by atoms with E-state index >= 15 is 0 Å². The normalized spacial score (nSPS) is 10.5. The average molecular weight is 270 g/mol. The second kappa shape index (κ2) is 3.98. The van der Waals surface area contributed by atoms with Gasteiger partial charge in [-0.3, -0.25) is 4.79 Å². The number of aromatic nitrogens is 3. The summed E-state index contributed by atoms with van der Waals surface area (Å²) in [5.41, 5.74) is -0.117. The molecular formula is C9H8BrN3O2. The Balaban J connectivity index is 2.32. The van der Waals surface area contributed by atoms with E-state index in [0.717, 1.165) is 0 Å². The first-order chi connectivity index (χ1) is 7.16. The Morgan fingerprint density at radius 3 is 3.07 bits per heavy atom. The molecule has 0 N–H and O–H groups in total. The maximum absolute atomic E-state index is 11.6. The fourth-order valence-corrected chi connectivity index (χ4v) is 1.56. The zero-order chi connectivity index (χ0) is 10.8. The van der Waals surface area contributed by atoms with Gasteiger partial charge in [-0.15, -0.1) is 0 Å². The molecule has 0 aliphatic rings. The smallest absolute Gasteiger partial charge is 0.265 e. The van der Waals surface area contributed by atoms with Crippen LogP contribution in [0.5, 0.6) is 0 Å². The molecule has 15 heavy (non-hydrogen) atoms. The van der Waals surface area contributed by atoms with E-state index in [-0.39, 0.29) is 5.56 Å². The number of rotatable bonds is 2. The van der Waals surface area contributed by atoms with Gasteiger partial charge in [0.15, 0.2) is 5.82 Å². The third-order valence-electron chi connectivity index (χ3n) is 1.85. The predicted octanol–water partition coefficient (Wildman–Crippen LogP) is 1.35. The van der Waals surface area contributed by atoms with Crippen molar-refractivity contribution in [1.82, 2.24) is 14.7 Å². The van der Waals surface area contributed by atoms with Crippen LogP contribution >= 0.6 is 15.9 Å². The van der Waals surface area contributed by atoms with Gasteiger partial charge in [0.2, 0.25) is 5.89 Å². The predicted molar refractivity (Wildman–Crippen MR) is 56.5 cm³/mol. The fraction of sp³-hybridized carbons (Fsp3) is 0.222. The molecular weight excluding hydrogens is 262 g/mol. The van der Waals surface area contributed by atoms with Crippen LogP contribution in [-0.4, -0.2) is 14.7 Å². The molecule has 0 saturated heterocycles. The second-order valence-electron chi connectivity index (χ2n) is 3.02. The van der Waals surface area contributed by atoms with Crippen LogP contribution in [0.1, 0.15) is 11.7 Å². The van der Waals surface area contributed by atoms with Gasteiger partial charge in [-0.25, -0.2) is 0 Å². The lowest BCUT2D eigenvalue weighted by Crippen LogP contribution is -2.20. The number of hydrogen-bond donors (Lipinski definition) is 0. The first-order valence-electron chi connectivity index (χ1n) is 4.31. The summed E-state index contributed by atoms with van der Waals surface area (Å²) in [6.45, 7) is 2.02. The van der Waals surface area contributed by atoms with Gasteiger partial charge in [0, 0.05) is 6.20 Å². The third kappa shape index (κ3) is 2.15. The molecule has 2 rings (SSSR count). The van der Waals surface area contributed by atoms with Crippen LogP contribution < -0.4 is 5.56 Å². The molecule has 0 aliphatic heterocycles. The molecule has 0 aromatic carbocycles. The average Bonchev–Trinajstić information content (AvgIpc) is 2.59. The maximum atomic E-state index is 11.6. The fourth-order valence-electron chi connectivity index (χ4n) is 1.18. The van der Waals surface area contributed by atoms with E-state index in [4.69, 9.17) is 4.52 Å². The Morgan fingerprint density at radius 1 is 1.60 bits per heavy atom. The van der Waals surface area contributed by atoms with Crippen molar-refractivity contribution in [2.45, 2.75) is 13.5 Å². The molecule has 0 saturated carbocycles. The van der Waals surface area contributed by atoms with E-state index < -0.39 is 0 Å². The van der Waals surface area contributed by atoms with E-state index in [0.29, 0.717) is 22.7 Å². The lowest BCUT2D eigenvalue weighted by molar-refractivity contribution is 0.366. The summed E-state index contributed by atoms with van der Waals surface area (Å²) in [5.74, 6) is 0.987. The molecule has 0 amide bonds. The molecule has 0 atom stereocenters. The van der Waals surface area contributed by atoms with Crippen molar-refractivity contribution in [3.8, 4) is 0 Å². The van der Waals surface area contributed by atoms with E-state index in [9.17, 15) is 4.79 Å². The SMILES string of the molecule is Cc1noc(Cn2cccc(Br)c2=O)n1. The van der Waals surface area contributed by atoms with Crippen molar-refractivity contribution in [3.05, 3.63) is 44.9 Å². The Hall–Kier alpha value is -1.43. The van der Waals surface area contributed by atoms with Crippen molar-refractivity contribution in [2.24, 2.45) is 0 Å². The van der Waals surface area contributed by atoms with Crippen molar-refractivity contribution >= 4 is 15.9 Å². The van der Waals surface area contributed by atoms with Gasteiger partial charge in [0.25, 0.3) is 5.56 Å². The first kappa shape index (κ1) is 10.1. The quantitative estimate of drug-likeness (QED) is 0.826. The summed E-state index contributed by atoms with van der Waals surface area (Å²) in [6, 6.07) is 3.46. The largest absolute Gasteiger partial charge is 0.337 e. The van der Waals surface area contributed by atoms with Gasteiger partial charge in [0.1, 0.15) is 6.54 Å². The zero-order valence-corrected chi connectivity index (χ0v) is 9.56. The first-order valence-corrected chi connectivity index (χ1v) is 5.10. The molecule has 78 valence electrons. The highest BCUT2D eigenvalue weighted by Crippen LogP contribution is 2.03. The van der Waals surface area contributed by atoms with Crippen molar-refractivity contribution < 1.29 is 4.52 Å². The molecule has 0 aliphatic carbocycles. The molecule has 0 radical (unpaired) electrons. The zero-order valence-electron chi connectivity index (χ0n) is 7.98. The number of hydrogen-bond acceptors (Lipinski definition) is 4. The molecule has 6 heteroatoms. The molecule has 2 aromatic heterocycles. The lowest BCUT2D eigenvalue weighted by Gasteiger charge is -2.00. The van der Waals surface area contributed by atoms with E-state index in [2.05, 4.69) is 26.1 Å². The number of nitrogens with zero attached hydrogens (tertiary/aromatic N) is 3. The highest BCUT2D eigenvalue weighted by Gasteiger charge is 2.05. The van der Waals surface area contributed by atoms with E-state index in [1.165, 1.54) is 4.57 Å². The molecule has 0 bridgehead atoms. The van der Waals surface area contributed by atoms with Crippen LogP contribution in [0.2, 0.25) is 0 Å². The summed E-state index contributed by atoms with van der Waals surface area (Å²) in [4.78, 5) is 15.6. The molecule has 0 fully saturated rings. The van der Waals surface area contributed by atoms with Crippen molar-refractivity contribution in [2.75, 3.05) is 0 Å². The Morgan fingerprint density at radius 2 is 2.40 bits per heavy atom. The van der Waals surface area contributed by atoms with E-state index in [1.807, 2.05) is 0 Å². The number of halogens is 1. The number of aryl methyl sites for hydroxylation is 1. The van der Waals surface area contributed by atoms with Crippen LogP contribution in [0, 0.1) is 6.92 Å². The van der Waals surface area contributed by atoms with Gasteiger partial charge in [-0.05, 0) is 35.0 Å². The second-order valence-corrected chi connectivity index (χ2v) is 3.88. The van der Waals surface area contributed by atoms with Gasteiger partial charge in [-0.2, -0.15) is 4.98 Å². The van der Waals surface area contributed by atoms with Gasteiger partial charge in [-0.1, -0.05) is 5.16 Å². The summed E-state index contributed by atoms with van der Waals surface area (Å²) < 4.78 is 6.94. The highest BCUT2D eigenvalue weighted by molar-refractivity contribution is 9.10. The number of pyridine rings is 1. The van der Waals surface area contributed by atoms with Gasteiger partial charge in [0.05, 0.1) is 4.47 Å². The van der Waals surface area contributed by atoms with Crippen LogP contribution in [0.3, 0.4) is 0 Å². The minimum atomic E-state index is -0.117. The summed E-state index contributed by atoms with van der Waals surface area (Å²) in [7, 11) is 0. The van der Waals surface area contributed by atoms with E-state index in [1.54, 1.807) is 25.3 Å². The van der Waals surface area contributed by atoms with Crippen LogP contribution in [0.4, 0.5) is 0 Å². The summed E-state index contributed by atoms with van der Waals surface area (Å²) in [5, 5.41) is 3.65. The topological polar surface area (TPSA) is 60.9 Å². The van der Waals surface area contributed by atoms with Gasteiger partial charge < -0.3 is 9.09 Å². The summed E-state index contributed by atoms with van der Waals surface area (Å²) in [6.07, 6.45) is 1.67. The molecule has 0 unspecified atom stereocenters. The Labute approximate surface area is 93.9 Å². The van der Waals surface area contributed by atoms with Crippen LogP contribution in [-0.2, 0) is 6.54 Å². The third-order valence-corrected chi connectivity index (χ3v) is 2.45. The monoisotopic (exact) mass is 269 g/mol. The molecule has 2 heterocycles. The molecule has 0 spiro atoms. The standard InChI is InChI=1S/C9H8BrN3O2/c1-6-11-8(15-12-6)5-13-4-2-3-7(10)9(13)14/h2-4H,5H2,1H3. The molecule has 5 nitrogen and oxygen atoms in total. The van der Waals surface area contributed by atoms with Crippen molar-refractivity contribution in [1.29, 1.82) is 0 Å². The minimum Gasteiger partial charge on any atom is -0.337 e. The van der Waals surface area contributed by atoms with Crippen molar-refractivity contribution in [3.63, 3.8) is 0 Å². The maximum Gasteiger partial charge on any atom is 0.265 e. The minimum absolute atomic E-state index is 0.117.